The molecule has 5 nitrogen and oxygen atoms in total. The van der Waals surface area contributed by atoms with Gasteiger partial charge in [0.25, 0.3) is 5.91 Å². The Bertz CT molecular complexity index is 701. The van der Waals surface area contributed by atoms with Crippen molar-refractivity contribution in [2.45, 2.75) is 6.92 Å². The third kappa shape index (κ3) is 3.42. The van der Waals surface area contributed by atoms with Crippen LogP contribution < -0.4 is 5.32 Å². The van der Waals surface area contributed by atoms with E-state index in [1.807, 2.05) is 0 Å². The van der Waals surface area contributed by atoms with E-state index >= 15 is 0 Å². The largest absolute Gasteiger partial charge is 0.464 e. The van der Waals surface area contributed by atoms with E-state index in [9.17, 15) is 14.0 Å². The molecule has 0 unspecified atom stereocenters. The number of rotatable bonds is 3. The first-order valence-electron chi connectivity index (χ1n) is 6.14. The van der Waals surface area contributed by atoms with Crippen molar-refractivity contribution in [3.63, 3.8) is 0 Å². The first-order valence-corrected chi connectivity index (χ1v) is 6.14. The van der Waals surface area contributed by atoms with Crippen LogP contribution in [0.25, 0.3) is 0 Å². The zero-order valence-electron chi connectivity index (χ0n) is 11.5. The molecule has 1 amide bonds. The molecule has 21 heavy (non-hydrogen) atoms. The number of methoxy groups -OCH3 is 1. The zero-order valence-corrected chi connectivity index (χ0v) is 11.5. The van der Waals surface area contributed by atoms with Crippen molar-refractivity contribution >= 4 is 17.6 Å². The molecule has 0 spiro atoms. The van der Waals surface area contributed by atoms with E-state index in [0.29, 0.717) is 11.3 Å². The topological polar surface area (TPSA) is 68.3 Å². The van der Waals surface area contributed by atoms with Crippen LogP contribution in [-0.4, -0.2) is 24.0 Å². The smallest absolute Gasteiger partial charge is 0.356 e. The van der Waals surface area contributed by atoms with Crippen molar-refractivity contribution in [1.82, 2.24) is 4.98 Å². The highest BCUT2D eigenvalue weighted by molar-refractivity contribution is 6.03. The lowest BCUT2D eigenvalue weighted by atomic mass is 10.2. The Morgan fingerprint density at radius 2 is 1.90 bits per heavy atom. The molecule has 6 heteroatoms. The Hall–Kier alpha value is -2.76. The van der Waals surface area contributed by atoms with Gasteiger partial charge < -0.3 is 10.1 Å². The molecular weight excluding hydrogens is 275 g/mol. The maximum absolute atomic E-state index is 13.0. The zero-order chi connectivity index (χ0) is 15.4. The summed E-state index contributed by atoms with van der Waals surface area (Å²) in [6, 6.07) is 8.49. The van der Waals surface area contributed by atoms with Gasteiger partial charge in [0, 0.05) is 5.69 Å². The van der Waals surface area contributed by atoms with Gasteiger partial charge in [0.15, 0.2) is 0 Å². The minimum absolute atomic E-state index is 0.0426. The average molecular weight is 288 g/mol. The van der Waals surface area contributed by atoms with E-state index in [1.54, 1.807) is 6.92 Å². The lowest BCUT2D eigenvalue weighted by Crippen LogP contribution is -2.16. The maximum atomic E-state index is 13.0. The molecule has 0 atom stereocenters. The monoisotopic (exact) mass is 288 g/mol. The summed E-state index contributed by atoms with van der Waals surface area (Å²) in [7, 11) is 1.23. The number of amides is 1. The number of hydrogen-bond donors (Lipinski definition) is 1. The molecule has 0 radical (unpaired) electrons. The Morgan fingerprint density at radius 1 is 1.19 bits per heavy atom. The number of hydrogen-bond acceptors (Lipinski definition) is 4. The molecule has 1 aromatic carbocycles. The van der Waals surface area contributed by atoms with E-state index < -0.39 is 11.9 Å². The number of carbonyl (C=O) groups is 2. The van der Waals surface area contributed by atoms with Crippen LogP contribution in [0.4, 0.5) is 10.1 Å². The summed E-state index contributed by atoms with van der Waals surface area (Å²) >= 11 is 0. The molecule has 0 aliphatic heterocycles. The Morgan fingerprint density at radius 3 is 2.57 bits per heavy atom. The number of aromatic nitrogens is 1. The Labute approximate surface area is 120 Å². The van der Waals surface area contributed by atoms with Gasteiger partial charge in [-0.1, -0.05) is 6.07 Å². The average Bonchev–Trinajstić information content (AvgIpc) is 2.49. The van der Waals surface area contributed by atoms with Crippen molar-refractivity contribution in [1.29, 1.82) is 0 Å². The maximum Gasteiger partial charge on any atom is 0.356 e. The number of anilines is 1. The fourth-order valence-corrected chi connectivity index (χ4v) is 1.73. The summed E-state index contributed by atoms with van der Waals surface area (Å²) in [5.41, 5.74) is 1.18. The third-order valence-electron chi connectivity index (χ3n) is 2.81. The van der Waals surface area contributed by atoms with E-state index in [-0.39, 0.29) is 17.2 Å². The lowest BCUT2D eigenvalue weighted by Gasteiger charge is -2.08. The summed E-state index contributed by atoms with van der Waals surface area (Å²) in [5, 5.41) is 2.62. The van der Waals surface area contributed by atoms with Crippen LogP contribution in [0.2, 0.25) is 0 Å². The van der Waals surface area contributed by atoms with Gasteiger partial charge in [0.2, 0.25) is 0 Å². The molecule has 0 saturated heterocycles. The number of benzene rings is 1. The van der Waals surface area contributed by atoms with Gasteiger partial charge in [-0.2, -0.15) is 0 Å². The highest BCUT2D eigenvalue weighted by atomic mass is 19.1. The van der Waals surface area contributed by atoms with Crippen molar-refractivity contribution in [2.24, 2.45) is 0 Å². The fraction of sp³-hybridized carbons (Fsp3) is 0.133. The Kier molecular flexibility index (Phi) is 4.27. The number of nitrogens with one attached hydrogen (secondary N) is 1. The number of ether oxygens (including phenoxy) is 1. The summed E-state index contributed by atoms with van der Waals surface area (Å²) in [6.45, 7) is 1.68. The standard InChI is InChI=1S/C15H13FN2O3/c1-9-8-10(16)6-7-11(9)18-14(19)12-4-3-5-13(17-12)15(20)21-2/h3-8H,1-2H3,(H,18,19). The molecular formula is C15H13FN2O3. The predicted octanol–water partition coefficient (Wildman–Crippen LogP) is 2.57. The predicted molar refractivity (Wildman–Crippen MR) is 74.7 cm³/mol. The summed E-state index contributed by atoms with van der Waals surface area (Å²) < 4.78 is 17.6. The molecule has 2 aromatic rings. The Balaban J connectivity index is 2.22. The van der Waals surface area contributed by atoms with Gasteiger partial charge in [-0.25, -0.2) is 14.2 Å². The molecule has 108 valence electrons. The SMILES string of the molecule is COC(=O)c1cccc(C(=O)Nc2ccc(F)cc2C)n1. The van der Waals surface area contributed by atoms with Crippen molar-refractivity contribution in [3.05, 3.63) is 59.2 Å². The van der Waals surface area contributed by atoms with Crippen LogP contribution in [0.1, 0.15) is 26.5 Å². The first kappa shape index (κ1) is 14.6. The van der Waals surface area contributed by atoms with E-state index in [0.717, 1.165) is 0 Å². The van der Waals surface area contributed by atoms with Crippen molar-refractivity contribution in [2.75, 3.05) is 12.4 Å². The lowest BCUT2D eigenvalue weighted by molar-refractivity contribution is 0.0594. The van der Waals surface area contributed by atoms with Gasteiger partial charge in [-0.05, 0) is 42.8 Å². The second kappa shape index (κ2) is 6.13. The summed E-state index contributed by atoms with van der Waals surface area (Å²) in [6.07, 6.45) is 0. The third-order valence-corrected chi connectivity index (χ3v) is 2.81. The van der Waals surface area contributed by atoms with Crippen LogP contribution in [-0.2, 0) is 4.74 Å². The summed E-state index contributed by atoms with van der Waals surface area (Å²) in [5.74, 6) is -1.49. The van der Waals surface area contributed by atoms with Gasteiger partial charge in [0.05, 0.1) is 7.11 Å². The molecule has 1 aromatic heterocycles. The van der Waals surface area contributed by atoms with Crippen molar-refractivity contribution < 1.29 is 18.7 Å². The van der Waals surface area contributed by atoms with Crippen LogP contribution >= 0.6 is 0 Å². The second-order valence-electron chi connectivity index (χ2n) is 4.31. The summed E-state index contributed by atoms with van der Waals surface area (Å²) in [4.78, 5) is 27.4. The first-order chi connectivity index (χ1) is 10.0. The van der Waals surface area contributed by atoms with Crippen LogP contribution in [0, 0.1) is 12.7 Å². The molecule has 1 N–H and O–H groups in total. The quantitative estimate of drug-likeness (QED) is 0.881. The van der Waals surface area contributed by atoms with Gasteiger partial charge in [-0.3, -0.25) is 4.79 Å². The normalized spacial score (nSPS) is 10.0. The number of pyridine rings is 1. The minimum Gasteiger partial charge on any atom is -0.464 e. The number of carbonyl (C=O) groups excluding carboxylic acids is 2. The van der Waals surface area contributed by atoms with Gasteiger partial charge >= 0.3 is 5.97 Å². The van der Waals surface area contributed by atoms with Gasteiger partial charge in [0.1, 0.15) is 17.2 Å². The molecule has 0 aliphatic rings. The molecule has 0 saturated carbocycles. The highest BCUT2D eigenvalue weighted by Gasteiger charge is 2.13. The van der Waals surface area contributed by atoms with E-state index in [2.05, 4.69) is 15.0 Å². The van der Waals surface area contributed by atoms with E-state index in [1.165, 1.54) is 43.5 Å². The fourth-order valence-electron chi connectivity index (χ4n) is 1.73. The van der Waals surface area contributed by atoms with Crippen LogP contribution in [0.5, 0.6) is 0 Å². The molecule has 1 heterocycles. The molecule has 2 rings (SSSR count). The molecule has 0 fully saturated rings. The molecule has 0 aliphatic carbocycles. The van der Waals surface area contributed by atoms with Crippen LogP contribution in [0.3, 0.4) is 0 Å². The van der Waals surface area contributed by atoms with Crippen LogP contribution in [0.15, 0.2) is 36.4 Å². The van der Waals surface area contributed by atoms with Crippen molar-refractivity contribution in [3.8, 4) is 0 Å². The number of aryl methyl sites for hydroxylation is 1. The van der Waals surface area contributed by atoms with Gasteiger partial charge in [-0.15, -0.1) is 0 Å². The molecule has 0 bridgehead atoms. The van der Waals surface area contributed by atoms with E-state index in [4.69, 9.17) is 0 Å². The number of halogens is 1. The highest BCUT2D eigenvalue weighted by Crippen LogP contribution is 2.16. The minimum atomic E-state index is -0.623. The second-order valence-corrected chi connectivity index (χ2v) is 4.31. The number of esters is 1. The number of nitrogens with zero attached hydrogens (tertiary/aromatic N) is 1.